The highest BCUT2D eigenvalue weighted by atomic mass is 19.4. The van der Waals surface area contributed by atoms with E-state index >= 15 is 0 Å². The van der Waals surface area contributed by atoms with E-state index in [1.165, 1.54) is 12.1 Å². The Morgan fingerprint density at radius 1 is 1.11 bits per heavy atom. The molecule has 1 amide bonds. The summed E-state index contributed by atoms with van der Waals surface area (Å²) in [5.41, 5.74) is 19.2. The second-order valence-corrected chi connectivity index (χ2v) is 6.16. The summed E-state index contributed by atoms with van der Waals surface area (Å²) in [4.78, 5) is 10.9. The molecule has 0 saturated carbocycles. The van der Waals surface area contributed by atoms with Gasteiger partial charge >= 0.3 is 12.5 Å². The normalized spacial score (nSPS) is 12.9. The number of nitrogens with one attached hydrogen (secondary N) is 1. The number of halogens is 3. The molecule has 0 fully saturated rings. The third-order valence-electron chi connectivity index (χ3n) is 4.06. The third kappa shape index (κ3) is 6.03. The Bertz CT molecular complexity index is 810. The van der Waals surface area contributed by atoms with Crippen LogP contribution in [-0.4, -0.2) is 18.2 Å². The molecule has 0 radical (unpaired) electrons. The Morgan fingerprint density at radius 3 is 2.29 bits per heavy atom. The summed E-state index contributed by atoms with van der Waals surface area (Å²) in [6.45, 7) is 1.71. The van der Waals surface area contributed by atoms with Crippen LogP contribution in [-0.2, 0) is 11.3 Å². The lowest BCUT2D eigenvalue weighted by Gasteiger charge is -2.34. The Hall–Kier alpha value is -2.98. The van der Waals surface area contributed by atoms with Crippen molar-refractivity contribution in [2.75, 3.05) is 5.32 Å². The van der Waals surface area contributed by atoms with Crippen molar-refractivity contribution in [1.29, 1.82) is 0 Å². The van der Waals surface area contributed by atoms with E-state index in [9.17, 15) is 18.0 Å². The number of anilines is 1. The largest absolute Gasteiger partial charge is 0.573 e. The highest BCUT2D eigenvalue weighted by Crippen LogP contribution is 2.29. The number of primary amides is 1. The van der Waals surface area contributed by atoms with Crippen molar-refractivity contribution in [2.24, 2.45) is 17.2 Å². The topological polar surface area (TPSA) is 126 Å². The maximum Gasteiger partial charge on any atom is 0.573 e. The van der Waals surface area contributed by atoms with E-state index in [0.717, 1.165) is 17.7 Å². The van der Waals surface area contributed by atoms with Gasteiger partial charge < -0.3 is 20.5 Å². The van der Waals surface area contributed by atoms with E-state index in [1.54, 1.807) is 31.2 Å². The number of rotatable bonds is 7. The predicted octanol–water partition coefficient (Wildman–Crippen LogP) is 2.97. The molecule has 10 heteroatoms. The monoisotopic (exact) mass is 398 g/mol. The lowest BCUT2D eigenvalue weighted by Crippen LogP contribution is -2.60. The molecule has 0 spiro atoms. The summed E-state index contributed by atoms with van der Waals surface area (Å²) in [6.07, 6.45) is -5.68. The van der Waals surface area contributed by atoms with Crippen molar-refractivity contribution in [3.05, 3.63) is 59.7 Å². The van der Waals surface area contributed by atoms with Crippen molar-refractivity contribution in [2.45, 2.75) is 31.6 Å². The second-order valence-electron chi connectivity index (χ2n) is 6.16. The van der Waals surface area contributed by atoms with Crippen LogP contribution in [0.25, 0.3) is 0 Å². The zero-order valence-corrected chi connectivity index (χ0v) is 15.0. The molecule has 152 valence electrons. The number of ether oxygens (including phenoxy) is 2. The van der Waals surface area contributed by atoms with Gasteiger partial charge in [-0.1, -0.05) is 31.2 Å². The average Bonchev–Trinajstić information content (AvgIpc) is 2.60. The maximum atomic E-state index is 12.2. The summed E-state index contributed by atoms with van der Waals surface area (Å²) >= 11 is 0. The van der Waals surface area contributed by atoms with Gasteiger partial charge in [-0.25, -0.2) is 4.79 Å². The summed E-state index contributed by atoms with van der Waals surface area (Å²) in [5.74, 6) is -2.29. The number of amides is 1. The van der Waals surface area contributed by atoms with Crippen LogP contribution < -0.4 is 27.3 Å². The molecule has 2 aromatic rings. The molecule has 0 aromatic heterocycles. The van der Waals surface area contributed by atoms with Gasteiger partial charge in [0.15, 0.2) is 0 Å². The Labute approximate surface area is 159 Å². The van der Waals surface area contributed by atoms with Gasteiger partial charge in [-0.05, 0) is 35.4 Å². The van der Waals surface area contributed by atoms with Crippen LogP contribution in [0, 0.1) is 0 Å². The SMILES string of the molecule is C[C@@H](c1ccccc1COC(N)=O)C(N)(N)Nc1ccc(OC(F)(F)F)cc1. The first-order valence-corrected chi connectivity index (χ1v) is 8.20. The first kappa shape index (κ1) is 21.3. The fourth-order valence-corrected chi connectivity index (χ4v) is 2.59. The molecule has 7 nitrogen and oxygen atoms in total. The molecule has 0 heterocycles. The Morgan fingerprint density at radius 2 is 1.71 bits per heavy atom. The lowest BCUT2D eigenvalue weighted by molar-refractivity contribution is -0.274. The van der Waals surface area contributed by atoms with E-state index in [4.69, 9.17) is 21.9 Å². The quantitative estimate of drug-likeness (QED) is 0.531. The van der Waals surface area contributed by atoms with Gasteiger partial charge in [0, 0.05) is 11.6 Å². The summed E-state index contributed by atoms with van der Waals surface area (Å²) in [5, 5.41) is 2.88. The molecule has 0 aliphatic rings. The molecule has 0 bridgehead atoms. The van der Waals surface area contributed by atoms with E-state index in [-0.39, 0.29) is 12.4 Å². The van der Waals surface area contributed by atoms with Gasteiger partial charge in [0.1, 0.15) is 18.1 Å². The molecular weight excluding hydrogens is 377 g/mol. The molecule has 2 aromatic carbocycles. The Balaban J connectivity index is 2.15. The van der Waals surface area contributed by atoms with Gasteiger partial charge in [0.25, 0.3) is 0 Å². The number of hydrogen-bond donors (Lipinski definition) is 4. The van der Waals surface area contributed by atoms with Crippen LogP contribution in [0.2, 0.25) is 0 Å². The number of benzene rings is 2. The molecular formula is C18H21F3N4O3. The minimum absolute atomic E-state index is 0.0462. The first-order valence-electron chi connectivity index (χ1n) is 8.20. The highest BCUT2D eigenvalue weighted by molar-refractivity contribution is 5.64. The fraction of sp³-hybridized carbons (Fsp3) is 0.278. The van der Waals surface area contributed by atoms with E-state index < -0.39 is 24.2 Å². The summed E-state index contributed by atoms with van der Waals surface area (Å²) in [7, 11) is 0. The van der Waals surface area contributed by atoms with Gasteiger partial charge in [-0.3, -0.25) is 11.5 Å². The number of nitrogens with two attached hydrogens (primary N) is 3. The standard InChI is InChI=1S/C18H21F3N4O3/c1-11(15-5-3-2-4-12(15)10-27-16(22)26)17(23,24)25-13-6-8-14(9-7-13)28-18(19,20)21/h2-9,11,25H,10,23-24H2,1H3,(H2,22,26)/t11-/m0/s1. The van der Waals surface area contributed by atoms with Crippen LogP contribution in [0.5, 0.6) is 5.75 Å². The van der Waals surface area contributed by atoms with Gasteiger partial charge in [0.2, 0.25) is 0 Å². The van der Waals surface area contributed by atoms with Crippen LogP contribution in [0.4, 0.5) is 23.7 Å². The molecule has 7 N–H and O–H groups in total. The molecule has 28 heavy (non-hydrogen) atoms. The number of alkyl halides is 3. The fourth-order valence-electron chi connectivity index (χ4n) is 2.59. The van der Waals surface area contributed by atoms with Gasteiger partial charge in [0.05, 0.1) is 0 Å². The molecule has 2 rings (SSSR count). The predicted molar refractivity (Wildman–Crippen MR) is 97.1 cm³/mol. The maximum absolute atomic E-state index is 12.2. The molecule has 0 unspecified atom stereocenters. The lowest BCUT2D eigenvalue weighted by atomic mass is 9.90. The van der Waals surface area contributed by atoms with E-state index in [2.05, 4.69) is 10.1 Å². The smallest absolute Gasteiger partial charge is 0.445 e. The van der Waals surface area contributed by atoms with Gasteiger partial charge in [-0.15, -0.1) is 13.2 Å². The first-order chi connectivity index (χ1) is 13.0. The number of hydrogen-bond acceptors (Lipinski definition) is 6. The van der Waals surface area contributed by atoms with Crippen LogP contribution >= 0.6 is 0 Å². The van der Waals surface area contributed by atoms with Crippen LogP contribution in [0.1, 0.15) is 24.0 Å². The summed E-state index contributed by atoms with van der Waals surface area (Å²) < 4.78 is 45.4. The molecule has 0 aliphatic carbocycles. The zero-order chi connectivity index (χ0) is 20.9. The van der Waals surface area contributed by atoms with E-state index in [0.29, 0.717) is 11.3 Å². The minimum atomic E-state index is -4.77. The highest BCUT2D eigenvalue weighted by Gasteiger charge is 2.32. The van der Waals surface area contributed by atoms with Crippen LogP contribution in [0.3, 0.4) is 0 Å². The number of carbonyl (C=O) groups excluding carboxylic acids is 1. The number of carbonyl (C=O) groups is 1. The third-order valence-corrected chi connectivity index (χ3v) is 4.06. The summed E-state index contributed by atoms with van der Waals surface area (Å²) in [6, 6.07) is 12.1. The molecule has 0 aliphatic heterocycles. The average molecular weight is 398 g/mol. The molecule has 1 atom stereocenters. The Kier molecular flexibility index (Phi) is 6.37. The van der Waals surface area contributed by atoms with Crippen LogP contribution in [0.15, 0.2) is 48.5 Å². The van der Waals surface area contributed by atoms with Crippen molar-refractivity contribution in [1.82, 2.24) is 0 Å². The van der Waals surface area contributed by atoms with Crippen molar-refractivity contribution in [3.8, 4) is 5.75 Å². The minimum Gasteiger partial charge on any atom is -0.445 e. The second kappa shape index (κ2) is 8.36. The molecule has 0 saturated heterocycles. The van der Waals surface area contributed by atoms with E-state index in [1.807, 2.05) is 0 Å². The van der Waals surface area contributed by atoms with Crippen molar-refractivity contribution < 1.29 is 27.4 Å². The zero-order valence-electron chi connectivity index (χ0n) is 15.0. The van der Waals surface area contributed by atoms with Gasteiger partial charge in [-0.2, -0.15) is 0 Å². The van der Waals surface area contributed by atoms with Crippen molar-refractivity contribution in [3.63, 3.8) is 0 Å². The van der Waals surface area contributed by atoms with Crippen molar-refractivity contribution >= 4 is 11.8 Å².